The van der Waals surface area contributed by atoms with E-state index in [-0.39, 0.29) is 12.2 Å². The first-order valence-electron chi connectivity index (χ1n) is 7.16. The lowest BCUT2D eigenvalue weighted by Gasteiger charge is -2.13. The molecule has 5 nitrogen and oxygen atoms in total. The van der Waals surface area contributed by atoms with Gasteiger partial charge in [-0.3, -0.25) is 14.4 Å². The molecule has 0 heterocycles. The van der Waals surface area contributed by atoms with Crippen molar-refractivity contribution in [1.82, 2.24) is 0 Å². The van der Waals surface area contributed by atoms with E-state index in [0.717, 1.165) is 0 Å². The normalized spacial score (nSPS) is 11.5. The number of rotatable bonds is 6. The zero-order chi connectivity index (χ0) is 16.8. The van der Waals surface area contributed by atoms with E-state index in [9.17, 15) is 19.5 Å². The largest absolute Gasteiger partial charge is 0.481 e. The van der Waals surface area contributed by atoms with E-state index in [2.05, 4.69) is 5.32 Å². The van der Waals surface area contributed by atoms with Gasteiger partial charge in [-0.05, 0) is 36.8 Å². The summed E-state index contributed by atoms with van der Waals surface area (Å²) in [5.74, 6) is -2.39. The van der Waals surface area contributed by atoms with Crippen molar-refractivity contribution in [2.45, 2.75) is 19.3 Å². The third kappa shape index (κ3) is 4.51. The number of hydrogen-bond acceptors (Lipinski definition) is 3. The van der Waals surface area contributed by atoms with Crippen LogP contribution in [0.25, 0.3) is 0 Å². The molecule has 2 N–H and O–H groups in total. The zero-order valence-corrected chi connectivity index (χ0v) is 12.7. The van der Waals surface area contributed by atoms with E-state index in [1.165, 1.54) is 6.92 Å². The highest BCUT2D eigenvalue weighted by atomic mass is 16.4. The third-order valence-electron chi connectivity index (χ3n) is 3.46. The summed E-state index contributed by atoms with van der Waals surface area (Å²) < 4.78 is 0. The number of carbonyl (C=O) groups excluding carboxylic acids is 2. The average molecular weight is 311 g/mol. The molecule has 1 amide bonds. The van der Waals surface area contributed by atoms with Gasteiger partial charge in [0.15, 0.2) is 5.78 Å². The van der Waals surface area contributed by atoms with Gasteiger partial charge in [-0.1, -0.05) is 30.3 Å². The van der Waals surface area contributed by atoms with E-state index in [0.29, 0.717) is 16.8 Å². The third-order valence-corrected chi connectivity index (χ3v) is 3.46. The van der Waals surface area contributed by atoms with Crippen molar-refractivity contribution in [3.63, 3.8) is 0 Å². The molecule has 0 spiro atoms. The summed E-state index contributed by atoms with van der Waals surface area (Å²) in [4.78, 5) is 34.7. The van der Waals surface area contributed by atoms with Crippen molar-refractivity contribution < 1.29 is 19.5 Å². The fourth-order valence-electron chi connectivity index (χ4n) is 2.22. The smallest absolute Gasteiger partial charge is 0.311 e. The molecule has 118 valence electrons. The second-order valence-electron chi connectivity index (χ2n) is 5.19. The van der Waals surface area contributed by atoms with Crippen LogP contribution in [0.15, 0.2) is 54.6 Å². The van der Waals surface area contributed by atoms with Crippen molar-refractivity contribution in [3.05, 3.63) is 65.7 Å². The van der Waals surface area contributed by atoms with E-state index in [1.807, 2.05) is 0 Å². The molecule has 2 aromatic carbocycles. The quantitative estimate of drug-likeness (QED) is 0.803. The number of aliphatic carboxylic acids is 1. The molecule has 0 aliphatic rings. The van der Waals surface area contributed by atoms with Gasteiger partial charge >= 0.3 is 5.97 Å². The molecule has 0 aliphatic carbocycles. The van der Waals surface area contributed by atoms with E-state index in [4.69, 9.17) is 0 Å². The lowest BCUT2D eigenvalue weighted by atomic mass is 9.95. The Kier molecular flexibility index (Phi) is 5.25. The van der Waals surface area contributed by atoms with Crippen molar-refractivity contribution in [3.8, 4) is 0 Å². The molecule has 0 aromatic heterocycles. The molecule has 23 heavy (non-hydrogen) atoms. The second kappa shape index (κ2) is 7.35. The number of anilines is 1. The lowest BCUT2D eigenvalue weighted by Crippen LogP contribution is -2.20. The van der Waals surface area contributed by atoms with Crippen molar-refractivity contribution in [1.29, 1.82) is 0 Å². The van der Waals surface area contributed by atoms with Gasteiger partial charge in [-0.2, -0.15) is 0 Å². The van der Waals surface area contributed by atoms with Crippen LogP contribution in [-0.2, 0) is 9.59 Å². The van der Waals surface area contributed by atoms with Crippen LogP contribution in [0, 0.1) is 0 Å². The summed E-state index contributed by atoms with van der Waals surface area (Å²) in [6, 6.07) is 15.1. The van der Waals surface area contributed by atoms with Crippen LogP contribution in [0.2, 0.25) is 0 Å². The molecule has 0 saturated heterocycles. The Morgan fingerprint density at radius 3 is 2.13 bits per heavy atom. The molecule has 0 aliphatic heterocycles. The van der Waals surface area contributed by atoms with Gasteiger partial charge in [0.05, 0.1) is 5.92 Å². The standard InChI is InChI=1S/C18H17NO4/c1-12(20)13-7-9-15(10-8-13)19-17(21)11-16(18(22)23)14-5-3-2-4-6-14/h2-10,16H,11H2,1H3,(H,19,21)(H,22,23)/t16-/m0/s1. The SMILES string of the molecule is CC(=O)c1ccc(NC(=O)C[C@H](C(=O)O)c2ccccc2)cc1. The fourth-order valence-corrected chi connectivity index (χ4v) is 2.22. The number of hydrogen-bond donors (Lipinski definition) is 2. The predicted octanol–water partition coefficient (Wildman–Crippen LogP) is 3.09. The minimum absolute atomic E-state index is 0.0575. The number of amides is 1. The topological polar surface area (TPSA) is 83.5 Å². The molecule has 0 radical (unpaired) electrons. The second-order valence-corrected chi connectivity index (χ2v) is 5.19. The van der Waals surface area contributed by atoms with Crippen molar-refractivity contribution in [2.75, 3.05) is 5.32 Å². The molecule has 1 atom stereocenters. The Bertz CT molecular complexity index is 708. The monoisotopic (exact) mass is 311 g/mol. The van der Waals surface area contributed by atoms with Gasteiger partial charge in [0.1, 0.15) is 0 Å². The van der Waals surface area contributed by atoms with Crippen molar-refractivity contribution >= 4 is 23.3 Å². The summed E-state index contributed by atoms with van der Waals surface area (Å²) >= 11 is 0. The number of Topliss-reactive ketones (excluding diaryl/α,β-unsaturated/α-hetero) is 1. The first-order valence-corrected chi connectivity index (χ1v) is 7.16. The van der Waals surface area contributed by atoms with Crippen LogP contribution in [0.5, 0.6) is 0 Å². The van der Waals surface area contributed by atoms with Gasteiger partial charge in [-0.15, -0.1) is 0 Å². The number of nitrogens with one attached hydrogen (secondary N) is 1. The first kappa shape index (κ1) is 16.4. The fraction of sp³-hybridized carbons (Fsp3) is 0.167. The van der Waals surface area contributed by atoms with E-state index < -0.39 is 17.8 Å². The number of benzene rings is 2. The number of carbonyl (C=O) groups is 3. The molecule has 0 bridgehead atoms. The highest BCUT2D eigenvalue weighted by Gasteiger charge is 2.23. The summed E-state index contributed by atoms with van der Waals surface area (Å²) in [5.41, 5.74) is 1.66. The number of ketones is 1. The summed E-state index contributed by atoms with van der Waals surface area (Å²) in [6.45, 7) is 1.46. The number of carboxylic acids is 1. The maximum absolute atomic E-state index is 12.1. The van der Waals surface area contributed by atoms with Gasteiger partial charge in [0.2, 0.25) is 5.91 Å². The number of carboxylic acid groups (broad SMARTS) is 1. The van der Waals surface area contributed by atoms with Crippen LogP contribution < -0.4 is 5.32 Å². The maximum atomic E-state index is 12.1. The molecule has 0 fully saturated rings. The van der Waals surface area contributed by atoms with Gasteiger partial charge in [0.25, 0.3) is 0 Å². The molecule has 2 aromatic rings. The van der Waals surface area contributed by atoms with E-state index >= 15 is 0 Å². The van der Waals surface area contributed by atoms with Crippen LogP contribution in [0.4, 0.5) is 5.69 Å². The molecule has 2 rings (SSSR count). The first-order chi connectivity index (χ1) is 11.0. The minimum Gasteiger partial charge on any atom is -0.481 e. The molecule has 0 unspecified atom stereocenters. The zero-order valence-electron chi connectivity index (χ0n) is 12.7. The van der Waals surface area contributed by atoms with Gasteiger partial charge in [-0.25, -0.2) is 0 Å². The van der Waals surface area contributed by atoms with Gasteiger partial charge < -0.3 is 10.4 Å². The molecule has 5 heteroatoms. The Hall–Kier alpha value is -2.95. The lowest BCUT2D eigenvalue weighted by molar-refractivity contribution is -0.140. The van der Waals surface area contributed by atoms with Crippen LogP contribution in [0.3, 0.4) is 0 Å². The Balaban J connectivity index is 2.05. The summed E-state index contributed by atoms with van der Waals surface area (Å²) in [7, 11) is 0. The predicted molar refractivity (Wildman–Crippen MR) is 86.5 cm³/mol. The Morgan fingerprint density at radius 1 is 1.00 bits per heavy atom. The van der Waals surface area contributed by atoms with Crippen LogP contribution >= 0.6 is 0 Å². The van der Waals surface area contributed by atoms with Gasteiger partial charge in [0, 0.05) is 17.7 Å². The minimum atomic E-state index is -1.04. The molecule has 0 saturated carbocycles. The maximum Gasteiger partial charge on any atom is 0.311 e. The summed E-state index contributed by atoms with van der Waals surface area (Å²) in [5, 5.41) is 12.0. The van der Waals surface area contributed by atoms with Crippen LogP contribution in [-0.4, -0.2) is 22.8 Å². The summed E-state index contributed by atoms with van der Waals surface area (Å²) in [6.07, 6.45) is -0.159. The van der Waals surface area contributed by atoms with Crippen LogP contribution in [0.1, 0.15) is 35.2 Å². The van der Waals surface area contributed by atoms with Crippen molar-refractivity contribution in [2.24, 2.45) is 0 Å². The van der Waals surface area contributed by atoms with E-state index in [1.54, 1.807) is 54.6 Å². The average Bonchev–Trinajstić information content (AvgIpc) is 2.53. The Labute approximate surface area is 134 Å². The molecular weight excluding hydrogens is 294 g/mol. The Morgan fingerprint density at radius 2 is 1.61 bits per heavy atom. The molecular formula is C18H17NO4. The highest BCUT2D eigenvalue weighted by molar-refractivity contribution is 5.96. The highest BCUT2D eigenvalue weighted by Crippen LogP contribution is 2.21.